The molecule has 4 nitrogen and oxygen atoms in total. The molecule has 0 radical (unpaired) electrons. The standard InChI is InChI=1S/C13H13Cl3O4/c1-6(4-9(17)19-2)12(18)7-5-8(14)13(20-3)11(16)10(7)15/h5-6H,4H2,1-3H3. The van der Waals surface area contributed by atoms with Crippen molar-refractivity contribution in [3.8, 4) is 5.75 Å². The molecular formula is C13H13Cl3O4. The minimum atomic E-state index is -0.597. The fourth-order valence-corrected chi connectivity index (χ4v) is 2.48. The third kappa shape index (κ3) is 3.57. The molecule has 7 heteroatoms. The molecule has 0 saturated carbocycles. The molecule has 1 aromatic carbocycles. The number of ketones is 1. The number of methoxy groups -OCH3 is 2. The van der Waals surface area contributed by atoms with Gasteiger partial charge in [0.1, 0.15) is 5.02 Å². The highest BCUT2D eigenvalue weighted by Crippen LogP contribution is 2.41. The van der Waals surface area contributed by atoms with Crippen LogP contribution in [0, 0.1) is 5.92 Å². The zero-order chi connectivity index (χ0) is 15.4. The lowest BCUT2D eigenvalue weighted by Gasteiger charge is -2.14. The molecule has 0 bridgehead atoms. The van der Waals surface area contributed by atoms with Gasteiger partial charge in [-0.3, -0.25) is 9.59 Å². The van der Waals surface area contributed by atoms with Crippen molar-refractivity contribution >= 4 is 46.6 Å². The number of rotatable bonds is 5. The highest BCUT2D eigenvalue weighted by atomic mass is 35.5. The molecule has 0 aromatic heterocycles. The van der Waals surface area contributed by atoms with Gasteiger partial charge in [-0.1, -0.05) is 41.7 Å². The van der Waals surface area contributed by atoms with Crippen molar-refractivity contribution in [2.75, 3.05) is 14.2 Å². The Labute approximate surface area is 131 Å². The Bertz CT molecular complexity index is 543. The summed E-state index contributed by atoms with van der Waals surface area (Å²) in [7, 11) is 2.65. The maximum Gasteiger partial charge on any atom is 0.306 e. The van der Waals surface area contributed by atoms with Gasteiger partial charge in [0, 0.05) is 11.5 Å². The van der Waals surface area contributed by atoms with E-state index in [0.717, 1.165) is 0 Å². The summed E-state index contributed by atoms with van der Waals surface area (Å²) in [4.78, 5) is 23.5. The number of halogens is 3. The Hall–Kier alpha value is -0.970. The van der Waals surface area contributed by atoms with Crippen LogP contribution in [0.3, 0.4) is 0 Å². The van der Waals surface area contributed by atoms with Gasteiger partial charge in [-0.25, -0.2) is 0 Å². The van der Waals surface area contributed by atoms with Gasteiger partial charge in [-0.15, -0.1) is 0 Å². The molecule has 0 heterocycles. The topological polar surface area (TPSA) is 52.6 Å². The first kappa shape index (κ1) is 17.1. The van der Waals surface area contributed by atoms with E-state index >= 15 is 0 Å². The molecule has 1 unspecified atom stereocenters. The number of benzene rings is 1. The summed E-state index contributed by atoms with van der Waals surface area (Å²) in [6.45, 7) is 1.60. The number of esters is 1. The first-order valence-corrected chi connectivity index (χ1v) is 6.79. The smallest absolute Gasteiger partial charge is 0.306 e. The van der Waals surface area contributed by atoms with Gasteiger partial charge in [0.2, 0.25) is 0 Å². The van der Waals surface area contributed by atoms with Crippen molar-refractivity contribution in [3.05, 3.63) is 26.7 Å². The molecule has 110 valence electrons. The lowest BCUT2D eigenvalue weighted by atomic mass is 9.96. The summed E-state index contributed by atoms with van der Waals surface area (Å²) < 4.78 is 9.52. The van der Waals surface area contributed by atoms with E-state index in [4.69, 9.17) is 39.5 Å². The van der Waals surface area contributed by atoms with E-state index in [-0.39, 0.29) is 38.6 Å². The maximum atomic E-state index is 12.3. The fraction of sp³-hybridized carbons (Fsp3) is 0.385. The number of carbonyl (C=O) groups is 2. The average molecular weight is 340 g/mol. The van der Waals surface area contributed by atoms with Crippen LogP contribution in [0.2, 0.25) is 15.1 Å². The summed E-state index contributed by atoms with van der Waals surface area (Å²) in [5.74, 6) is -1.21. The second-order valence-electron chi connectivity index (χ2n) is 4.11. The molecule has 0 amide bonds. The Morgan fingerprint density at radius 3 is 2.30 bits per heavy atom. The van der Waals surface area contributed by atoms with Gasteiger partial charge in [-0.2, -0.15) is 0 Å². The van der Waals surface area contributed by atoms with E-state index in [9.17, 15) is 9.59 Å². The predicted octanol–water partition coefficient (Wildman–Crippen LogP) is 4.04. The molecule has 1 atom stereocenters. The predicted molar refractivity (Wildman–Crippen MR) is 78.2 cm³/mol. The minimum absolute atomic E-state index is 0.0487. The Balaban J connectivity index is 3.14. The highest BCUT2D eigenvalue weighted by molar-refractivity contribution is 6.46. The SMILES string of the molecule is COC(=O)CC(C)C(=O)c1cc(Cl)c(OC)c(Cl)c1Cl. The summed E-state index contributed by atoms with van der Waals surface area (Å²) in [5.41, 5.74) is 0.152. The fourth-order valence-electron chi connectivity index (χ4n) is 1.64. The Kier molecular flexibility index (Phi) is 6.11. The first-order chi connectivity index (χ1) is 9.33. The normalized spacial score (nSPS) is 11.9. The summed E-state index contributed by atoms with van der Waals surface area (Å²) in [6.07, 6.45) is -0.0487. The van der Waals surface area contributed by atoms with Crippen LogP contribution in [-0.4, -0.2) is 26.0 Å². The minimum Gasteiger partial charge on any atom is -0.494 e. The van der Waals surface area contributed by atoms with Crippen LogP contribution in [-0.2, 0) is 9.53 Å². The van der Waals surface area contributed by atoms with Crippen LogP contribution in [0.15, 0.2) is 6.07 Å². The lowest BCUT2D eigenvalue weighted by Crippen LogP contribution is -2.17. The van der Waals surface area contributed by atoms with E-state index in [1.165, 1.54) is 20.3 Å². The van der Waals surface area contributed by atoms with Crippen molar-refractivity contribution in [2.45, 2.75) is 13.3 Å². The lowest BCUT2D eigenvalue weighted by molar-refractivity contribution is -0.141. The quantitative estimate of drug-likeness (QED) is 0.461. The van der Waals surface area contributed by atoms with Gasteiger partial charge in [0.05, 0.1) is 30.7 Å². The molecule has 0 saturated heterocycles. The van der Waals surface area contributed by atoms with Gasteiger partial charge in [0.25, 0.3) is 0 Å². The molecule has 1 rings (SSSR count). The zero-order valence-corrected chi connectivity index (χ0v) is 13.4. The van der Waals surface area contributed by atoms with Crippen molar-refractivity contribution in [1.82, 2.24) is 0 Å². The van der Waals surface area contributed by atoms with Crippen LogP contribution in [0.5, 0.6) is 5.75 Å². The number of ether oxygens (including phenoxy) is 2. The van der Waals surface area contributed by atoms with Crippen molar-refractivity contribution in [2.24, 2.45) is 5.92 Å². The summed E-state index contributed by atoms with van der Waals surface area (Å²) >= 11 is 18.0. The van der Waals surface area contributed by atoms with Crippen LogP contribution < -0.4 is 4.74 Å². The van der Waals surface area contributed by atoms with E-state index < -0.39 is 11.9 Å². The number of carbonyl (C=O) groups excluding carboxylic acids is 2. The largest absolute Gasteiger partial charge is 0.494 e. The van der Waals surface area contributed by atoms with Crippen LogP contribution >= 0.6 is 34.8 Å². The van der Waals surface area contributed by atoms with E-state index in [1.807, 2.05) is 0 Å². The van der Waals surface area contributed by atoms with Crippen molar-refractivity contribution < 1.29 is 19.1 Å². The zero-order valence-electron chi connectivity index (χ0n) is 11.1. The average Bonchev–Trinajstić information content (AvgIpc) is 2.42. The van der Waals surface area contributed by atoms with Crippen LogP contribution in [0.4, 0.5) is 0 Å². The van der Waals surface area contributed by atoms with Gasteiger partial charge >= 0.3 is 5.97 Å². The number of hydrogen-bond acceptors (Lipinski definition) is 4. The van der Waals surface area contributed by atoms with E-state index in [2.05, 4.69) is 4.74 Å². The van der Waals surface area contributed by atoms with Gasteiger partial charge in [0.15, 0.2) is 11.5 Å². The molecule has 0 aliphatic carbocycles. The molecule has 0 fully saturated rings. The van der Waals surface area contributed by atoms with Crippen LogP contribution in [0.1, 0.15) is 23.7 Å². The van der Waals surface area contributed by atoms with Crippen LogP contribution in [0.25, 0.3) is 0 Å². The molecule has 0 N–H and O–H groups in total. The molecule has 20 heavy (non-hydrogen) atoms. The molecule has 0 aliphatic rings. The second kappa shape index (κ2) is 7.16. The molecule has 1 aromatic rings. The monoisotopic (exact) mass is 338 g/mol. The second-order valence-corrected chi connectivity index (χ2v) is 5.28. The van der Waals surface area contributed by atoms with Gasteiger partial charge in [-0.05, 0) is 6.07 Å². The number of Topliss-reactive ketones (excluding diaryl/α,β-unsaturated/α-hetero) is 1. The van der Waals surface area contributed by atoms with E-state index in [0.29, 0.717) is 0 Å². The number of hydrogen-bond donors (Lipinski definition) is 0. The van der Waals surface area contributed by atoms with Crippen molar-refractivity contribution in [3.63, 3.8) is 0 Å². The third-order valence-electron chi connectivity index (χ3n) is 2.73. The first-order valence-electron chi connectivity index (χ1n) is 5.66. The summed E-state index contributed by atoms with van der Waals surface area (Å²) in [5, 5.41) is 0.292. The third-order valence-corrected chi connectivity index (χ3v) is 3.86. The van der Waals surface area contributed by atoms with E-state index in [1.54, 1.807) is 6.92 Å². The Morgan fingerprint density at radius 2 is 1.80 bits per heavy atom. The summed E-state index contributed by atoms with van der Waals surface area (Å²) in [6, 6.07) is 1.38. The van der Waals surface area contributed by atoms with Gasteiger partial charge < -0.3 is 9.47 Å². The molecular weight excluding hydrogens is 326 g/mol. The molecule has 0 aliphatic heterocycles. The maximum absolute atomic E-state index is 12.3. The molecule has 0 spiro atoms. The Morgan fingerprint density at radius 1 is 1.20 bits per heavy atom. The highest BCUT2D eigenvalue weighted by Gasteiger charge is 2.25. The van der Waals surface area contributed by atoms with Crippen molar-refractivity contribution in [1.29, 1.82) is 0 Å².